The topological polar surface area (TPSA) is 15.6 Å². The van der Waals surface area contributed by atoms with E-state index in [1.165, 1.54) is 5.69 Å². The zero-order chi connectivity index (χ0) is 8.39. The molecule has 0 fully saturated rings. The second-order valence-electron chi connectivity index (χ2n) is 2.67. The van der Waals surface area contributed by atoms with E-state index in [2.05, 4.69) is 31.9 Å². The van der Waals surface area contributed by atoms with E-state index in [4.69, 9.17) is 0 Å². The molecule has 0 atom stereocenters. The fourth-order valence-corrected chi connectivity index (χ4v) is 1.76. The van der Waals surface area contributed by atoms with Gasteiger partial charge in [0, 0.05) is 11.0 Å². The molecule has 0 saturated heterocycles. The molecule has 12 heavy (non-hydrogen) atoms. The van der Waals surface area contributed by atoms with E-state index in [-0.39, 0.29) is 0 Å². The Labute approximate surface area is 80.0 Å². The number of anilines is 1. The lowest BCUT2D eigenvalue weighted by Crippen LogP contribution is -2.18. The number of aliphatic imine (C=N–C) groups is 1. The highest BCUT2D eigenvalue weighted by Gasteiger charge is 2.09. The van der Waals surface area contributed by atoms with Crippen LogP contribution in [0.3, 0.4) is 0 Å². The predicted octanol–water partition coefficient (Wildman–Crippen LogP) is 2.30. The van der Waals surface area contributed by atoms with Crippen molar-refractivity contribution in [2.45, 2.75) is 0 Å². The zero-order valence-electron chi connectivity index (χ0n) is 6.57. The summed E-state index contributed by atoms with van der Waals surface area (Å²) in [5.41, 5.74) is 1.19. The van der Waals surface area contributed by atoms with Gasteiger partial charge in [-0.2, -0.15) is 0 Å². The SMILES string of the molecule is Brc1ccccc1N1C=NCC1. The quantitative estimate of drug-likeness (QED) is 0.715. The molecule has 0 amide bonds. The van der Waals surface area contributed by atoms with Crippen molar-refractivity contribution in [3.05, 3.63) is 28.7 Å². The van der Waals surface area contributed by atoms with Gasteiger partial charge in [0.2, 0.25) is 0 Å². The number of hydrogen-bond donors (Lipinski definition) is 0. The molecule has 1 heterocycles. The number of hydrogen-bond acceptors (Lipinski definition) is 2. The van der Waals surface area contributed by atoms with Gasteiger partial charge in [0.15, 0.2) is 0 Å². The van der Waals surface area contributed by atoms with Crippen LogP contribution in [0.4, 0.5) is 5.69 Å². The number of halogens is 1. The third-order valence-electron chi connectivity index (χ3n) is 1.85. The Kier molecular flexibility index (Phi) is 2.13. The lowest BCUT2D eigenvalue weighted by atomic mass is 10.3. The van der Waals surface area contributed by atoms with Crippen molar-refractivity contribution in [2.24, 2.45) is 4.99 Å². The number of nitrogens with zero attached hydrogens (tertiary/aromatic N) is 2. The second-order valence-corrected chi connectivity index (χ2v) is 3.52. The summed E-state index contributed by atoms with van der Waals surface area (Å²) in [5.74, 6) is 0. The standard InChI is InChI=1S/C9H9BrN2/c10-8-3-1-2-4-9(8)12-6-5-11-7-12/h1-4,7H,5-6H2. The van der Waals surface area contributed by atoms with Crippen molar-refractivity contribution in [3.63, 3.8) is 0 Å². The summed E-state index contributed by atoms with van der Waals surface area (Å²) in [5, 5.41) is 0. The molecule has 2 nitrogen and oxygen atoms in total. The molecule has 0 aliphatic carbocycles. The average molecular weight is 225 g/mol. The van der Waals surface area contributed by atoms with Gasteiger partial charge >= 0.3 is 0 Å². The van der Waals surface area contributed by atoms with E-state index < -0.39 is 0 Å². The minimum absolute atomic E-state index is 0.904. The first-order valence-corrected chi connectivity index (χ1v) is 4.68. The molecule has 1 aliphatic rings. The lowest BCUT2D eigenvalue weighted by molar-refractivity contribution is 1.02. The van der Waals surface area contributed by atoms with Crippen LogP contribution in [0.25, 0.3) is 0 Å². The normalized spacial score (nSPS) is 15.6. The Morgan fingerprint density at radius 2 is 2.17 bits per heavy atom. The van der Waals surface area contributed by atoms with Crippen molar-refractivity contribution in [2.75, 3.05) is 18.0 Å². The summed E-state index contributed by atoms with van der Waals surface area (Å²) in [6, 6.07) is 8.18. The van der Waals surface area contributed by atoms with E-state index >= 15 is 0 Å². The van der Waals surface area contributed by atoms with E-state index in [0.29, 0.717) is 0 Å². The van der Waals surface area contributed by atoms with E-state index in [1.807, 2.05) is 24.5 Å². The van der Waals surface area contributed by atoms with Crippen LogP contribution in [-0.4, -0.2) is 19.4 Å². The van der Waals surface area contributed by atoms with Crippen molar-refractivity contribution in [1.29, 1.82) is 0 Å². The highest BCUT2D eigenvalue weighted by Crippen LogP contribution is 2.25. The van der Waals surface area contributed by atoms with Gasteiger partial charge in [-0.15, -0.1) is 0 Å². The van der Waals surface area contributed by atoms with Gasteiger partial charge < -0.3 is 4.90 Å². The van der Waals surface area contributed by atoms with Crippen molar-refractivity contribution in [3.8, 4) is 0 Å². The maximum absolute atomic E-state index is 4.16. The molecule has 1 aromatic rings. The van der Waals surface area contributed by atoms with Crippen LogP contribution < -0.4 is 4.90 Å². The number of rotatable bonds is 1. The first kappa shape index (κ1) is 7.80. The van der Waals surface area contributed by atoms with Gasteiger partial charge in [-0.05, 0) is 28.1 Å². The minimum atomic E-state index is 0.904. The summed E-state index contributed by atoms with van der Waals surface area (Å²) in [7, 11) is 0. The lowest BCUT2D eigenvalue weighted by Gasteiger charge is -2.14. The molecule has 0 spiro atoms. The van der Waals surface area contributed by atoms with Gasteiger partial charge in [-0.1, -0.05) is 12.1 Å². The second kappa shape index (κ2) is 3.27. The Morgan fingerprint density at radius 1 is 1.33 bits per heavy atom. The van der Waals surface area contributed by atoms with Crippen LogP contribution in [0.2, 0.25) is 0 Å². The van der Waals surface area contributed by atoms with Crippen molar-refractivity contribution >= 4 is 28.0 Å². The third-order valence-corrected chi connectivity index (χ3v) is 2.52. The Balaban J connectivity index is 2.33. The summed E-state index contributed by atoms with van der Waals surface area (Å²) < 4.78 is 1.12. The fourth-order valence-electron chi connectivity index (χ4n) is 1.25. The Hall–Kier alpha value is -0.830. The molecule has 0 saturated carbocycles. The predicted molar refractivity (Wildman–Crippen MR) is 54.8 cm³/mol. The molecule has 0 unspecified atom stereocenters. The molecule has 1 aliphatic heterocycles. The minimum Gasteiger partial charge on any atom is -0.330 e. The summed E-state index contributed by atoms with van der Waals surface area (Å²) >= 11 is 3.50. The number of benzene rings is 1. The first-order chi connectivity index (χ1) is 5.88. The molecular formula is C9H9BrN2. The van der Waals surface area contributed by atoms with Crippen LogP contribution in [-0.2, 0) is 0 Å². The molecule has 0 radical (unpaired) electrons. The molecule has 0 aromatic heterocycles. The van der Waals surface area contributed by atoms with Gasteiger partial charge in [0.05, 0.1) is 18.6 Å². The number of para-hydroxylation sites is 1. The summed E-state index contributed by atoms with van der Waals surface area (Å²) in [6.07, 6.45) is 1.89. The largest absolute Gasteiger partial charge is 0.330 e. The maximum atomic E-state index is 4.16. The molecule has 0 N–H and O–H groups in total. The molecular weight excluding hydrogens is 216 g/mol. The molecule has 62 valence electrons. The summed E-state index contributed by atoms with van der Waals surface area (Å²) in [4.78, 5) is 6.31. The molecule has 2 rings (SSSR count). The van der Waals surface area contributed by atoms with Gasteiger partial charge in [0.1, 0.15) is 0 Å². The van der Waals surface area contributed by atoms with E-state index in [9.17, 15) is 0 Å². The van der Waals surface area contributed by atoms with Crippen LogP contribution in [0.15, 0.2) is 33.7 Å². The van der Waals surface area contributed by atoms with Crippen LogP contribution in [0.1, 0.15) is 0 Å². The molecule has 3 heteroatoms. The van der Waals surface area contributed by atoms with Crippen molar-refractivity contribution in [1.82, 2.24) is 0 Å². The average Bonchev–Trinajstić information content (AvgIpc) is 2.57. The van der Waals surface area contributed by atoms with E-state index in [1.54, 1.807) is 0 Å². The zero-order valence-corrected chi connectivity index (χ0v) is 8.16. The van der Waals surface area contributed by atoms with Gasteiger partial charge in [-0.25, -0.2) is 0 Å². The highest BCUT2D eigenvalue weighted by molar-refractivity contribution is 9.10. The Morgan fingerprint density at radius 3 is 2.83 bits per heavy atom. The van der Waals surface area contributed by atoms with Crippen molar-refractivity contribution < 1.29 is 0 Å². The molecule has 0 bridgehead atoms. The monoisotopic (exact) mass is 224 g/mol. The van der Waals surface area contributed by atoms with Crippen LogP contribution >= 0.6 is 15.9 Å². The van der Waals surface area contributed by atoms with Gasteiger partial charge in [0.25, 0.3) is 0 Å². The summed E-state index contributed by atoms with van der Waals surface area (Å²) in [6.45, 7) is 1.89. The maximum Gasteiger partial charge on any atom is 0.0896 e. The smallest absolute Gasteiger partial charge is 0.0896 e. The third kappa shape index (κ3) is 1.37. The van der Waals surface area contributed by atoms with Gasteiger partial charge in [-0.3, -0.25) is 4.99 Å². The fraction of sp³-hybridized carbons (Fsp3) is 0.222. The van der Waals surface area contributed by atoms with Crippen LogP contribution in [0, 0.1) is 0 Å². The van der Waals surface area contributed by atoms with Crippen LogP contribution in [0.5, 0.6) is 0 Å². The first-order valence-electron chi connectivity index (χ1n) is 3.89. The van der Waals surface area contributed by atoms with E-state index in [0.717, 1.165) is 17.6 Å². The highest BCUT2D eigenvalue weighted by atomic mass is 79.9. The Bertz CT molecular complexity index is 309. The molecule has 1 aromatic carbocycles.